The zero-order valence-corrected chi connectivity index (χ0v) is 9.37. The van der Waals surface area contributed by atoms with Crippen molar-refractivity contribution < 1.29 is 0 Å². The molecule has 0 aliphatic heterocycles. The van der Waals surface area contributed by atoms with Gasteiger partial charge in [-0.2, -0.15) is 5.26 Å². The second-order valence-corrected chi connectivity index (χ2v) is 3.77. The molecule has 0 bridgehead atoms. The minimum Gasteiger partial charge on any atom is -0.309 e. The molecule has 0 saturated carbocycles. The molecule has 0 saturated heterocycles. The number of rotatable bonds is 0. The molecule has 0 aliphatic carbocycles. The van der Waals surface area contributed by atoms with Crippen LogP contribution in [0.4, 0.5) is 0 Å². The maximum Gasteiger partial charge on any atom is 0.265 e. The number of fused-ring (bicyclic) bond motifs is 1. The number of halogens is 1. The van der Waals surface area contributed by atoms with Crippen LogP contribution in [0.15, 0.2) is 21.4 Å². The van der Waals surface area contributed by atoms with Crippen LogP contribution in [-0.2, 0) is 7.05 Å². The summed E-state index contributed by atoms with van der Waals surface area (Å²) in [5, 5.41) is 8.68. The van der Waals surface area contributed by atoms with E-state index >= 15 is 0 Å². The maximum absolute atomic E-state index is 11.5. The van der Waals surface area contributed by atoms with Crippen LogP contribution in [0, 0.1) is 17.4 Å². The van der Waals surface area contributed by atoms with Crippen LogP contribution in [-0.4, -0.2) is 9.55 Å². The number of hydrogen-bond acceptors (Lipinski definition) is 3. The molecule has 2 heterocycles. The highest BCUT2D eigenvalue weighted by atomic mass is 79.9. The average Bonchev–Trinajstić information content (AvgIpc) is 2.25. The van der Waals surface area contributed by atoms with E-state index in [2.05, 4.69) is 27.0 Å². The number of aromatic nitrogens is 2. The van der Waals surface area contributed by atoms with E-state index in [0.717, 1.165) is 0 Å². The van der Waals surface area contributed by atoms with E-state index in [1.165, 1.54) is 4.57 Å². The smallest absolute Gasteiger partial charge is 0.265 e. The molecule has 2 aromatic heterocycles. The Morgan fingerprint density at radius 3 is 3.00 bits per heavy atom. The molecule has 0 spiro atoms. The van der Waals surface area contributed by atoms with E-state index in [1.54, 1.807) is 19.2 Å². The average molecular weight is 263 g/mol. The van der Waals surface area contributed by atoms with Crippen LogP contribution >= 0.6 is 15.9 Å². The predicted octanol–water partition coefficient (Wildman–Crippen LogP) is 1.37. The van der Waals surface area contributed by atoms with E-state index in [9.17, 15) is 4.79 Å². The van der Waals surface area contributed by atoms with E-state index in [-0.39, 0.29) is 5.56 Å². The molecule has 0 atom stereocenters. The first-order valence-corrected chi connectivity index (χ1v) is 4.91. The van der Waals surface area contributed by atoms with Crippen molar-refractivity contribution in [2.45, 2.75) is 0 Å². The van der Waals surface area contributed by atoms with Gasteiger partial charge in [0.05, 0.1) is 15.5 Å². The predicted molar refractivity (Wildman–Crippen MR) is 58.2 cm³/mol. The molecule has 4 nitrogen and oxygen atoms in total. The Balaban J connectivity index is 2.94. The summed E-state index contributed by atoms with van der Waals surface area (Å²) >= 11 is 3.10. The third-order valence-electron chi connectivity index (χ3n) is 2.07. The van der Waals surface area contributed by atoms with E-state index in [0.29, 0.717) is 21.2 Å². The van der Waals surface area contributed by atoms with Crippen molar-refractivity contribution in [2.75, 3.05) is 0 Å². The SMILES string of the molecule is Cn1c(=O)c(Br)[c]c2nc(C#N)ccc21. The maximum atomic E-state index is 11.5. The fraction of sp³-hybridized carbons (Fsp3) is 0.100. The van der Waals surface area contributed by atoms with Gasteiger partial charge in [-0.25, -0.2) is 4.98 Å². The van der Waals surface area contributed by atoms with Gasteiger partial charge < -0.3 is 4.57 Å². The van der Waals surface area contributed by atoms with Gasteiger partial charge in [-0.05, 0) is 28.1 Å². The van der Waals surface area contributed by atoms with Gasteiger partial charge in [0.25, 0.3) is 5.56 Å². The Morgan fingerprint density at radius 1 is 1.60 bits per heavy atom. The summed E-state index contributed by atoms with van der Waals surface area (Å²) in [5.41, 5.74) is 1.29. The minimum atomic E-state index is -0.172. The monoisotopic (exact) mass is 262 g/mol. The Labute approximate surface area is 93.9 Å². The Morgan fingerprint density at radius 2 is 2.33 bits per heavy atom. The summed E-state index contributed by atoms with van der Waals surface area (Å²) in [7, 11) is 1.65. The molecular formula is C10H5BrN3O. The molecule has 0 amide bonds. The number of hydrogen-bond donors (Lipinski definition) is 0. The van der Waals surface area contributed by atoms with Crippen molar-refractivity contribution in [3.8, 4) is 6.07 Å². The first kappa shape index (κ1) is 9.87. The van der Waals surface area contributed by atoms with E-state index in [1.807, 2.05) is 6.07 Å². The molecule has 0 aromatic carbocycles. The van der Waals surface area contributed by atoms with Crippen LogP contribution < -0.4 is 5.56 Å². The van der Waals surface area contributed by atoms with E-state index < -0.39 is 0 Å². The fourth-order valence-electron chi connectivity index (χ4n) is 1.29. The number of pyridine rings is 2. The Kier molecular flexibility index (Phi) is 2.29. The van der Waals surface area contributed by atoms with Crippen LogP contribution in [0.3, 0.4) is 0 Å². The highest BCUT2D eigenvalue weighted by Crippen LogP contribution is 2.13. The molecule has 0 N–H and O–H groups in total. The van der Waals surface area contributed by atoms with Gasteiger partial charge in [0.1, 0.15) is 11.8 Å². The van der Waals surface area contributed by atoms with Crippen molar-refractivity contribution in [3.05, 3.63) is 38.7 Å². The van der Waals surface area contributed by atoms with Gasteiger partial charge >= 0.3 is 0 Å². The lowest BCUT2D eigenvalue weighted by Crippen LogP contribution is -2.17. The van der Waals surface area contributed by atoms with Gasteiger partial charge in [-0.1, -0.05) is 0 Å². The lowest BCUT2D eigenvalue weighted by Gasteiger charge is -2.04. The van der Waals surface area contributed by atoms with Crippen molar-refractivity contribution in [3.63, 3.8) is 0 Å². The van der Waals surface area contributed by atoms with Crippen molar-refractivity contribution >= 4 is 27.0 Å². The minimum absolute atomic E-state index is 0.172. The summed E-state index contributed by atoms with van der Waals surface area (Å²) in [6.07, 6.45) is 0. The molecule has 1 radical (unpaired) electrons. The number of nitrogens with zero attached hydrogens (tertiary/aromatic N) is 3. The molecule has 15 heavy (non-hydrogen) atoms. The quantitative estimate of drug-likeness (QED) is 0.721. The van der Waals surface area contributed by atoms with Crippen LogP contribution in [0.1, 0.15) is 5.69 Å². The Hall–Kier alpha value is -1.67. The van der Waals surface area contributed by atoms with E-state index in [4.69, 9.17) is 5.26 Å². The van der Waals surface area contributed by atoms with Gasteiger partial charge in [0, 0.05) is 13.1 Å². The fourth-order valence-corrected chi connectivity index (χ4v) is 1.74. The van der Waals surface area contributed by atoms with Crippen molar-refractivity contribution in [1.82, 2.24) is 9.55 Å². The summed E-state index contributed by atoms with van der Waals surface area (Å²) in [6, 6.07) is 7.99. The van der Waals surface area contributed by atoms with Crippen LogP contribution in [0.2, 0.25) is 0 Å². The standard InChI is InChI=1S/C10H5BrN3O/c1-14-9-3-2-6(5-12)13-8(9)4-7(11)10(14)15/h2-3H,1H3. The summed E-state index contributed by atoms with van der Waals surface area (Å²) in [4.78, 5) is 15.6. The van der Waals surface area contributed by atoms with Gasteiger partial charge in [0.15, 0.2) is 0 Å². The normalized spacial score (nSPS) is 10.2. The summed E-state index contributed by atoms with van der Waals surface area (Å²) in [5.74, 6) is 0. The second kappa shape index (κ2) is 3.48. The summed E-state index contributed by atoms with van der Waals surface area (Å²) in [6.45, 7) is 0. The molecule has 2 aromatic rings. The zero-order valence-electron chi connectivity index (χ0n) is 7.78. The molecule has 0 fully saturated rings. The largest absolute Gasteiger partial charge is 0.309 e. The van der Waals surface area contributed by atoms with Crippen molar-refractivity contribution in [2.24, 2.45) is 7.05 Å². The molecular weight excluding hydrogens is 258 g/mol. The lowest BCUT2D eigenvalue weighted by molar-refractivity contribution is 0.895. The molecule has 0 aliphatic rings. The lowest BCUT2D eigenvalue weighted by atomic mass is 10.3. The van der Waals surface area contributed by atoms with Crippen LogP contribution in [0.5, 0.6) is 0 Å². The molecule has 2 rings (SSSR count). The highest BCUT2D eigenvalue weighted by Gasteiger charge is 2.06. The van der Waals surface area contributed by atoms with Gasteiger partial charge in [0.2, 0.25) is 0 Å². The second-order valence-electron chi connectivity index (χ2n) is 2.98. The van der Waals surface area contributed by atoms with Gasteiger partial charge in [-0.3, -0.25) is 4.79 Å². The first-order valence-electron chi connectivity index (χ1n) is 4.12. The topological polar surface area (TPSA) is 58.7 Å². The van der Waals surface area contributed by atoms with Crippen molar-refractivity contribution in [1.29, 1.82) is 5.26 Å². The molecule has 5 heteroatoms. The zero-order chi connectivity index (χ0) is 11.0. The third kappa shape index (κ3) is 1.53. The number of nitriles is 1. The van der Waals surface area contributed by atoms with Crippen LogP contribution in [0.25, 0.3) is 11.0 Å². The molecule has 0 unspecified atom stereocenters. The Bertz CT molecular complexity index is 639. The summed E-state index contributed by atoms with van der Waals surface area (Å²) < 4.78 is 1.78. The third-order valence-corrected chi connectivity index (χ3v) is 2.61. The van der Waals surface area contributed by atoms with Gasteiger partial charge in [-0.15, -0.1) is 0 Å². The number of aryl methyl sites for hydroxylation is 1. The first-order chi connectivity index (χ1) is 7.13. The highest BCUT2D eigenvalue weighted by molar-refractivity contribution is 9.10. The molecule has 73 valence electrons.